The van der Waals surface area contributed by atoms with Gasteiger partial charge >= 0.3 is 0 Å². The van der Waals surface area contributed by atoms with Crippen LogP contribution in [0.15, 0.2) is 36.4 Å². The Balaban J connectivity index is 2.40. The quantitative estimate of drug-likeness (QED) is 0.780. The van der Waals surface area contributed by atoms with E-state index in [0.29, 0.717) is 23.5 Å². The van der Waals surface area contributed by atoms with Crippen molar-refractivity contribution >= 4 is 5.78 Å². The molecule has 2 rings (SSSR count). The minimum atomic E-state index is -0.0348. The highest BCUT2D eigenvalue weighted by molar-refractivity contribution is 6.11. The molecule has 0 aliphatic rings. The van der Waals surface area contributed by atoms with E-state index in [0.717, 1.165) is 16.9 Å². The smallest absolute Gasteiger partial charge is 0.197 e. The van der Waals surface area contributed by atoms with Crippen molar-refractivity contribution in [2.24, 2.45) is 0 Å². The Morgan fingerprint density at radius 2 is 1.76 bits per heavy atom. The molecule has 0 aliphatic heterocycles. The van der Waals surface area contributed by atoms with Crippen molar-refractivity contribution in [3.8, 4) is 11.5 Å². The average molecular weight is 284 g/mol. The van der Waals surface area contributed by atoms with Gasteiger partial charge in [-0.25, -0.2) is 0 Å². The fourth-order valence-corrected chi connectivity index (χ4v) is 2.39. The maximum atomic E-state index is 12.7. The third-order valence-corrected chi connectivity index (χ3v) is 3.32. The van der Waals surface area contributed by atoms with E-state index in [1.54, 1.807) is 19.2 Å². The molecule has 21 heavy (non-hydrogen) atoms. The molecule has 3 nitrogen and oxygen atoms in total. The molecule has 0 fully saturated rings. The maximum Gasteiger partial charge on any atom is 0.197 e. The molecular formula is C18H20O3. The van der Waals surface area contributed by atoms with Crippen LogP contribution in [0.4, 0.5) is 0 Å². The van der Waals surface area contributed by atoms with E-state index in [9.17, 15) is 4.79 Å². The van der Waals surface area contributed by atoms with Gasteiger partial charge in [0.05, 0.1) is 19.3 Å². The summed E-state index contributed by atoms with van der Waals surface area (Å²) in [4.78, 5) is 12.7. The monoisotopic (exact) mass is 284 g/mol. The van der Waals surface area contributed by atoms with Gasteiger partial charge in [-0.2, -0.15) is 0 Å². The Labute approximate surface area is 125 Å². The highest BCUT2D eigenvalue weighted by Crippen LogP contribution is 2.27. The van der Waals surface area contributed by atoms with Gasteiger partial charge < -0.3 is 9.47 Å². The molecule has 2 aromatic rings. The average Bonchev–Trinajstić information content (AvgIpc) is 2.47. The number of rotatable bonds is 5. The van der Waals surface area contributed by atoms with E-state index >= 15 is 0 Å². The Morgan fingerprint density at radius 1 is 1.10 bits per heavy atom. The molecule has 0 radical (unpaired) electrons. The number of carbonyl (C=O) groups is 1. The molecule has 0 amide bonds. The molecule has 0 heterocycles. The Bertz CT molecular complexity index is 642. The first-order valence-electron chi connectivity index (χ1n) is 6.99. The Kier molecular flexibility index (Phi) is 4.63. The molecule has 3 heteroatoms. The van der Waals surface area contributed by atoms with Crippen LogP contribution in [0.1, 0.15) is 34.0 Å². The molecule has 2 aromatic carbocycles. The van der Waals surface area contributed by atoms with Gasteiger partial charge in [-0.3, -0.25) is 4.79 Å². The van der Waals surface area contributed by atoms with E-state index in [1.165, 1.54) is 0 Å². The summed E-state index contributed by atoms with van der Waals surface area (Å²) >= 11 is 0. The van der Waals surface area contributed by atoms with Crippen molar-refractivity contribution < 1.29 is 14.3 Å². The van der Waals surface area contributed by atoms with Crippen molar-refractivity contribution in [3.63, 3.8) is 0 Å². The number of methoxy groups -OCH3 is 1. The van der Waals surface area contributed by atoms with Crippen LogP contribution in [0.5, 0.6) is 11.5 Å². The van der Waals surface area contributed by atoms with Crippen molar-refractivity contribution in [3.05, 3.63) is 58.7 Å². The Hall–Kier alpha value is -2.29. The molecule has 0 bridgehead atoms. The summed E-state index contributed by atoms with van der Waals surface area (Å²) in [6.45, 7) is 6.45. The van der Waals surface area contributed by atoms with E-state index in [-0.39, 0.29) is 5.78 Å². The van der Waals surface area contributed by atoms with Crippen LogP contribution < -0.4 is 9.47 Å². The number of hydrogen-bond donors (Lipinski definition) is 0. The summed E-state index contributed by atoms with van der Waals surface area (Å²) in [7, 11) is 1.59. The normalized spacial score (nSPS) is 10.3. The molecule has 0 atom stereocenters. The summed E-state index contributed by atoms with van der Waals surface area (Å²) in [6.07, 6.45) is 0. The van der Waals surface area contributed by atoms with Crippen LogP contribution in [0, 0.1) is 13.8 Å². The summed E-state index contributed by atoms with van der Waals surface area (Å²) in [5.74, 6) is 1.35. The van der Waals surface area contributed by atoms with Gasteiger partial charge in [0, 0.05) is 5.56 Å². The molecule has 0 unspecified atom stereocenters. The second kappa shape index (κ2) is 6.44. The first kappa shape index (κ1) is 15.1. The van der Waals surface area contributed by atoms with E-state index in [2.05, 4.69) is 0 Å². The third kappa shape index (κ3) is 3.24. The van der Waals surface area contributed by atoms with Crippen molar-refractivity contribution in [2.75, 3.05) is 13.7 Å². The van der Waals surface area contributed by atoms with Crippen molar-refractivity contribution in [1.29, 1.82) is 0 Å². The molecule has 0 saturated carbocycles. The van der Waals surface area contributed by atoms with E-state index < -0.39 is 0 Å². The first-order valence-corrected chi connectivity index (χ1v) is 6.99. The van der Waals surface area contributed by atoms with Gasteiger partial charge in [0.15, 0.2) is 5.78 Å². The highest BCUT2D eigenvalue weighted by Gasteiger charge is 2.17. The summed E-state index contributed by atoms with van der Waals surface area (Å²) in [5, 5.41) is 0. The summed E-state index contributed by atoms with van der Waals surface area (Å²) in [6, 6.07) is 11.1. The number of carbonyl (C=O) groups excluding carboxylic acids is 1. The largest absolute Gasteiger partial charge is 0.496 e. The molecule has 0 spiro atoms. The zero-order valence-electron chi connectivity index (χ0n) is 12.9. The fourth-order valence-electron chi connectivity index (χ4n) is 2.39. The Morgan fingerprint density at radius 3 is 2.33 bits per heavy atom. The SMILES string of the molecule is CCOc1ccc(C(=O)c2c(C)cc(C)cc2OC)cc1. The predicted octanol–water partition coefficient (Wildman–Crippen LogP) is 3.94. The second-order valence-electron chi connectivity index (χ2n) is 4.95. The molecule has 0 saturated heterocycles. The predicted molar refractivity (Wildman–Crippen MR) is 83.5 cm³/mol. The summed E-state index contributed by atoms with van der Waals surface area (Å²) in [5.41, 5.74) is 3.24. The van der Waals surface area contributed by atoms with Gasteiger partial charge in [0.2, 0.25) is 0 Å². The number of hydrogen-bond acceptors (Lipinski definition) is 3. The van der Waals surface area contributed by atoms with Gasteiger partial charge in [-0.15, -0.1) is 0 Å². The molecule has 110 valence electrons. The lowest BCUT2D eigenvalue weighted by molar-refractivity contribution is 0.103. The van der Waals surface area contributed by atoms with Crippen LogP contribution in [-0.2, 0) is 0 Å². The van der Waals surface area contributed by atoms with E-state index in [4.69, 9.17) is 9.47 Å². The van der Waals surface area contributed by atoms with Gasteiger partial charge in [-0.05, 0) is 62.2 Å². The number of ketones is 1. The molecule has 0 aromatic heterocycles. The molecule has 0 N–H and O–H groups in total. The number of benzene rings is 2. The lowest BCUT2D eigenvalue weighted by Crippen LogP contribution is -2.07. The van der Waals surface area contributed by atoms with Crippen LogP contribution in [0.25, 0.3) is 0 Å². The standard InChI is InChI=1S/C18H20O3/c1-5-21-15-8-6-14(7-9-15)18(19)17-13(3)10-12(2)11-16(17)20-4/h6-11H,5H2,1-4H3. The minimum Gasteiger partial charge on any atom is -0.496 e. The lowest BCUT2D eigenvalue weighted by atomic mass is 9.96. The first-order chi connectivity index (χ1) is 10.1. The van der Waals surface area contributed by atoms with Crippen molar-refractivity contribution in [1.82, 2.24) is 0 Å². The molecular weight excluding hydrogens is 264 g/mol. The van der Waals surface area contributed by atoms with E-state index in [1.807, 2.05) is 45.0 Å². The van der Waals surface area contributed by atoms with Crippen LogP contribution in [-0.4, -0.2) is 19.5 Å². The zero-order valence-corrected chi connectivity index (χ0v) is 12.9. The number of ether oxygens (including phenoxy) is 2. The van der Waals surface area contributed by atoms with Gasteiger partial charge in [-0.1, -0.05) is 6.07 Å². The topological polar surface area (TPSA) is 35.5 Å². The number of aryl methyl sites for hydroxylation is 2. The second-order valence-corrected chi connectivity index (χ2v) is 4.95. The van der Waals surface area contributed by atoms with Gasteiger partial charge in [0.1, 0.15) is 11.5 Å². The van der Waals surface area contributed by atoms with Crippen LogP contribution in [0.3, 0.4) is 0 Å². The van der Waals surface area contributed by atoms with Crippen molar-refractivity contribution in [2.45, 2.75) is 20.8 Å². The third-order valence-electron chi connectivity index (χ3n) is 3.32. The lowest BCUT2D eigenvalue weighted by Gasteiger charge is -2.12. The summed E-state index contributed by atoms with van der Waals surface area (Å²) < 4.78 is 10.8. The van der Waals surface area contributed by atoms with Gasteiger partial charge in [0.25, 0.3) is 0 Å². The zero-order chi connectivity index (χ0) is 15.4. The maximum absolute atomic E-state index is 12.7. The van der Waals surface area contributed by atoms with Crippen LogP contribution >= 0.6 is 0 Å². The van der Waals surface area contributed by atoms with Crippen LogP contribution in [0.2, 0.25) is 0 Å². The fraction of sp³-hybridized carbons (Fsp3) is 0.278. The minimum absolute atomic E-state index is 0.0348. The molecule has 0 aliphatic carbocycles. The highest BCUT2D eigenvalue weighted by atomic mass is 16.5.